The normalized spacial score (nSPS) is 14.7. The molecule has 0 fully saturated rings. The quantitative estimate of drug-likeness (QED) is 0.644. The minimum atomic E-state index is -1.19. The first-order valence-electron chi connectivity index (χ1n) is 8.75. The van der Waals surface area contributed by atoms with Crippen molar-refractivity contribution in [1.29, 1.82) is 0 Å². The van der Waals surface area contributed by atoms with Gasteiger partial charge in [0.1, 0.15) is 17.0 Å². The smallest absolute Gasteiger partial charge is 0.323 e. The molecule has 5 heteroatoms. The average Bonchev–Trinajstić information content (AvgIpc) is 2.53. The van der Waals surface area contributed by atoms with E-state index >= 15 is 0 Å². The maximum absolute atomic E-state index is 11.3. The van der Waals surface area contributed by atoms with Crippen LogP contribution in [0.4, 0.5) is 0 Å². The topological polar surface area (TPSA) is 81.8 Å². The molecule has 0 saturated heterocycles. The van der Waals surface area contributed by atoms with Crippen LogP contribution in [0.2, 0.25) is 0 Å². The van der Waals surface area contributed by atoms with Crippen molar-refractivity contribution in [2.45, 2.75) is 58.9 Å². The lowest BCUT2D eigenvalue weighted by Gasteiger charge is -2.25. The number of hydrogen-bond acceptors (Lipinski definition) is 4. The zero-order valence-corrected chi connectivity index (χ0v) is 15.3. The second-order valence-corrected chi connectivity index (χ2v) is 6.34. The Morgan fingerprint density at radius 1 is 1.21 bits per heavy atom. The van der Waals surface area contributed by atoms with Crippen LogP contribution < -0.4 is 15.2 Å². The Morgan fingerprint density at radius 3 is 2.17 bits per heavy atom. The molecular formula is C19H31NO4. The third-order valence-corrected chi connectivity index (χ3v) is 4.27. The molecule has 1 aromatic carbocycles. The van der Waals surface area contributed by atoms with E-state index in [0.29, 0.717) is 19.6 Å². The molecule has 3 N–H and O–H groups in total. The van der Waals surface area contributed by atoms with Crippen LogP contribution in [0, 0.1) is 5.92 Å². The number of carboxylic acid groups (broad SMARTS) is 1. The molecule has 2 atom stereocenters. The first-order valence-corrected chi connectivity index (χ1v) is 8.75. The van der Waals surface area contributed by atoms with Crippen LogP contribution >= 0.6 is 0 Å². The van der Waals surface area contributed by atoms with Gasteiger partial charge in [-0.25, -0.2) is 0 Å². The first-order chi connectivity index (χ1) is 11.4. The summed E-state index contributed by atoms with van der Waals surface area (Å²) in [5.74, 6) is 0.963. The Balaban J connectivity index is 2.88. The van der Waals surface area contributed by atoms with Crippen molar-refractivity contribution in [3.63, 3.8) is 0 Å². The highest BCUT2D eigenvalue weighted by atomic mass is 16.5. The number of nitrogens with two attached hydrogens (primary N) is 1. The third-order valence-electron chi connectivity index (χ3n) is 4.27. The molecule has 0 aliphatic heterocycles. The molecular weight excluding hydrogens is 306 g/mol. The summed E-state index contributed by atoms with van der Waals surface area (Å²) >= 11 is 0. The van der Waals surface area contributed by atoms with Crippen molar-refractivity contribution in [2.75, 3.05) is 13.2 Å². The van der Waals surface area contributed by atoms with Crippen LogP contribution in [0.25, 0.3) is 0 Å². The second-order valence-electron chi connectivity index (χ2n) is 6.34. The van der Waals surface area contributed by atoms with Gasteiger partial charge in [-0.1, -0.05) is 19.4 Å². The summed E-state index contributed by atoms with van der Waals surface area (Å²) < 4.78 is 11.5. The lowest BCUT2D eigenvalue weighted by Crippen LogP contribution is -2.46. The minimum Gasteiger partial charge on any atom is -0.493 e. The second kappa shape index (κ2) is 9.52. The van der Waals surface area contributed by atoms with Crippen LogP contribution in [-0.4, -0.2) is 29.8 Å². The predicted octanol–water partition coefficient (Wildman–Crippen LogP) is 3.63. The van der Waals surface area contributed by atoms with Gasteiger partial charge >= 0.3 is 5.97 Å². The molecule has 0 aliphatic rings. The Morgan fingerprint density at radius 2 is 1.75 bits per heavy atom. The van der Waals surface area contributed by atoms with Crippen molar-refractivity contribution in [3.8, 4) is 11.5 Å². The average molecular weight is 337 g/mol. The molecule has 0 amide bonds. The molecule has 0 saturated carbocycles. The van der Waals surface area contributed by atoms with E-state index in [1.807, 2.05) is 32.0 Å². The molecule has 1 rings (SSSR count). The van der Waals surface area contributed by atoms with E-state index in [1.54, 1.807) is 6.92 Å². The number of ether oxygens (including phenoxy) is 2. The van der Waals surface area contributed by atoms with Gasteiger partial charge in [-0.2, -0.15) is 0 Å². The van der Waals surface area contributed by atoms with Crippen LogP contribution in [0.15, 0.2) is 18.2 Å². The van der Waals surface area contributed by atoms with Crippen LogP contribution in [0.5, 0.6) is 11.5 Å². The Kier molecular flexibility index (Phi) is 8.05. The standard InChI is InChI=1S/C19H31NO4/c1-5-14(13-19(4,20)18(21)22)11-12-15-16(23-6-2)9-8-10-17(15)24-7-3/h8-10,14H,5-7,11-13,20H2,1-4H3,(H,21,22). The fourth-order valence-corrected chi connectivity index (χ4v) is 2.86. The van der Waals surface area contributed by atoms with Gasteiger partial charge in [0.25, 0.3) is 0 Å². The summed E-state index contributed by atoms with van der Waals surface area (Å²) in [4.78, 5) is 11.3. The molecule has 0 heterocycles. The fraction of sp³-hybridized carbons (Fsp3) is 0.632. The molecule has 136 valence electrons. The van der Waals surface area contributed by atoms with E-state index in [0.717, 1.165) is 36.3 Å². The van der Waals surface area contributed by atoms with Gasteiger partial charge in [0.05, 0.1) is 13.2 Å². The summed E-state index contributed by atoms with van der Waals surface area (Å²) in [6.07, 6.45) is 2.97. The zero-order valence-electron chi connectivity index (χ0n) is 15.3. The van der Waals surface area contributed by atoms with Crippen molar-refractivity contribution >= 4 is 5.97 Å². The number of rotatable bonds is 11. The highest BCUT2D eigenvalue weighted by molar-refractivity contribution is 5.77. The molecule has 5 nitrogen and oxygen atoms in total. The SMILES string of the molecule is CCOc1cccc(OCC)c1CCC(CC)CC(C)(N)C(=O)O. The van der Waals surface area contributed by atoms with Gasteiger partial charge in [-0.05, 0) is 58.1 Å². The number of carboxylic acids is 1. The molecule has 0 radical (unpaired) electrons. The van der Waals surface area contributed by atoms with Gasteiger partial charge in [-0.15, -0.1) is 0 Å². The van der Waals surface area contributed by atoms with E-state index in [4.69, 9.17) is 15.2 Å². The third kappa shape index (κ3) is 5.71. The van der Waals surface area contributed by atoms with Gasteiger partial charge in [0.15, 0.2) is 0 Å². The summed E-state index contributed by atoms with van der Waals surface area (Å²) in [5, 5.41) is 9.23. The predicted molar refractivity (Wildman–Crippen MR) is 95.7 cm³/mol. The van der Waals surface area contributed by atoms with Crippen LogP contribution in [0.3, 0.4) is 0 Å². The van der Waals surface area contributed by atoms with Gasteiger partial charge in [0, 0.05) is 5.56 Å². The molecule has 0 aliphatic carbocycles. The van der Waals surface area contributed by atoms with Crippen molar-refractivity contribution in [2.24, 2.45) is 11.7 Å². The molecule has 2 unspecified atom stereocenters. The van der Waals surface area contributed by atoms with Crippen molar-refractivity contribution in [1.82, 2.24) is 0 Å². The summed E-state index contributed by atoms with van der Waals surface area (Å²) in [5.41, 5.74) is 5.77. The number of hydrogen-bond donors (Lipinski definition) is 2. The summed E-state index contributed by atoms with van der Waals surface area (Å²) in [7, 11) is 0. The van der Waals surface area contributed by atoms with E-state index < -0.39 is 11.5 Å². The first kappa shape index (κ1) is 20.3. The largest absolute Gasteiger partial charge is 0.493 e. The molecule has 0 aromatic heterocycles. The maximum Gasteiger partial charge on any atom is 0.323 e. The highest BCUT2D eigenvalue weighted by Gasteiger charge is 2.30. The van der Waals surface area contributed by atoms with Gasteiger partial charge in [-0.3, -0.25) is 4.79 Å². The maximum atomic E-state index is 11.3. The van der Waals surface area contributed by atoms with Crippen molar-refractivity contribution in [3.05, 3.63) is 23.8 Å². The Labute approximate surface area is 145 Å². The lowest BCUT2D eigenvalue weighted by molar-refractivity contribution is -0.143. The zero-order chi connectivity index (χ0) is 18.2. The number of carbonyl (C=O) groups is 1. The Hall–Kier alpha value is -1.75. The van der Waals surface area contributed by atoms with E-state index in [-0.39, 0.29) is 5.92 Å². The Bertz CT molecular complexity index is 504. The minimum absolute atomic E-state index is 0.236. The number of aliphatic carboxylic acids is 1. The molecule has 0 bridgehead atoms. The monoisotopic (exact) mass is 337 g/mol. The summed E-state index contributed by atoms with van der Waals surface area (Å²) in [6.45, 7) is 8.76. The van der Waals surface area contributed by atoms with E-state index in [1.165, 1.54) is 0 Å². The molecule has 1 aromatic rings. The van der Waals surface area contributed by atoms with Gasteiger partial charge in [0.2, 0.25) is 0 Å². The van der Waals surface area contributed by atoms with Crippen LogP contribution in [0.1, 0.15) is 52.5 Å². The molecule has 24 heavy (non-hydrogen) atoms. The van der Waals surface area contributed by atoms with E-state index in [9.17, 15) is 9.90 Å². The highest BCUT2D eigenvalue weighted by Crippen LogP contribution is 2.32. The van der Waals surface area contributed by atoms with Crippen molar-refractivity contribution < 1.29 is 19.4 Å². The van der Waals surface area contributed by atoms with Crippen LogP contribution in [-0.2, 0) is 11.2 Å². The summed E-state index contributed by atoms with van der Waals surface area (Å²) in [6, 6.07) is 5.83. The molecule has 0 spiro atoms. The van der Waals surface area contributed by atoms with Gasteiger partial charge < -0.3 is 20.3 Å². The number of benzene rings is 1. The lowest BCUT2D eigenvalue weighted by atomic mass is 9.84. The fourth-order valence-electron chi connectivity index (χ4n) is 2.86. The van der Waals surface area contributed by atoms with E-state index in [2.05, 4.69) is 6.92 Å².